The van der Waals surface area contributed by atoms with E-state index < -0.39 is 17.6 Å². The van der Waals surface area contributed by atoms with Crippen molar-refractivity contribution in [1.82, 2.24) is 4.90 Å². The number of para-hydroxylation sites is 1. The highest BCUT2D eigenvalue weighted by atomic mass is 19.4. The molecule has 2 aromatic rings. The van der Waals surface area contributed by atoms with Crippen molar-refractivity contribution in [3.63, 3.8) is 0 Å². The molecule has 1 heterocycles. The molecule has 0 aromatic heterocycles. The molecule has 0 aliphatic carbocycles. The van der Waals surface area contributed by atoms with E-state index in [2.05, 4.69) is 10.2 Å². The minimum atomic E-state index is -4.51. The molecule has 0 radical (unpaired) electrons. The first kappa shape index (κ1) is 20.0. The molecule has 1 fully saturated rings. The topological polar surface area (TPSA) is 44.8 Å². The Hall–Kier alpha value is -2.74. The van der Waals surface area contributed by atoms with Crippen LogP contribution in [0.25, 0.3) is 0 Å². The van der Waals surface area contributed by atoms with Crippen LogP contribution in [0.5, 0.6) is 5.75 Å². The summed E-state index contributed by atoms with van der Waals surface area (Å²) in [5, 5.41) is 2.39. The number of carbonyl (C=O) groups is 1. The van der Waals surface area contributed by atoms with Crippen molar-refractivity contribution in [2.24, 2.45) is 0 Å². The summed E-state index contributed by atoms with van der Waals surface area (Å²) in [5.74, 6) is 0.341. The van der Waals surface area contributed by atoms with Gasteiger partial charge in [0.2, 0.25) is 5.91 Å². The van der Waals surface area contributed by atoms with E-state index in [4.69, 9.17) is 4.74 Å². The van der Waals surface area contributed by atoms with E-state index in [1.54, 1.807) is 7.11 Å². The second-order valence-electron chi connectivity index (χ2n) is 6.55. The number of ether oxygens (including phenoxy) is 1. The summed E-state index contributed by atoms with van der Waals surface area (Å²) < 4.78 is 44.3. The molecule has 1 amide bonds. The summed E-state index contributed by atoms with van der Waals surface area (Å²) in [6, 6.07) is 12.8. The highest BCUT2D eigenvalue weighted by molar-refractivity contribution is 5.93. The van der Waals surface area contributed by atoms with E-state index in [-0.39, 0.29) is 12.2 Å². The first-order valence-corrected chi connectivity index (χ1v) is 8.94. The van der Waals surface area contributed by atoms with E-state index in [0.717, 1.165) is 30.6 Å². The molecule has 1 N–H and O–H groups in total. The summed E-state index contributed by atoms with van der Waals surface area (Å²) in [4.78, 5) is 16.4. The lowest BCUT2D eigenvalue weighted by Crippen LogP contribution is -2.48. The van der Waals surface area contributed by atoms with E-state index in [9.17, 15) is 18.0 Å². The fraction of sp³-hybridized carbons (Fsp3) is 0.350. The third-order valence-electron chi connectivity index (χ3n) is 4.68. The van der Waals surface area contributed by atoms with Gasteiger partial charge >= 0.3 is 6.18 Å². The number of piperazine rings is 1. The highest BCUT2D eigenvalue weighted by Gasteiger charge is 2.33. The Morgan fingerprint density at radius 3 is 2.29 bits per heavy atom. The maximum atomic E-state index is 13.0. The maximum absolute atomic E-state index is 13.0. The second-order valence-corrected chi connectivity index (χ2v) is 6.55. The molecule has 0 bridgehead atoms. The van der Waals surface area contributed by atoms with Gasteiger partial charge in [-0.2, -0.15) is 13.2 Å². The number of hydrogen-bond acceptors (Lipinski definition) is 4. The van der Waals surface area contributed by atoms with Crippen molar-refractivity contribution in [2.75, 3.05) is 50.1 Å². The van der Waals surface area contributed by atoms with E-state index >= 15 is 0 Å². The Labute approximate surface area is 161 Å². The molecular formula is C20H22F3N3O2. The first-order valence-electron chi connectivity index (χ1n) is 8.94. The summed E-state index contributed by atoms with van der Waals surface area (Å²) >= 11 is 0. The molecule has 3 rings (SSSR count). The van der Waals surface area contributed by atoms with Crippen molar-refractivity contribution < 1.29 is 22.7 Å². The van der Waals surface area contributed by atoms with Crippen LogP contribution in [0.4, 0.5) is 24.5 Å². The summed E-state index contributed by atoms with van der Waals surface area (Å²) in [7, 11) is 1.62. The average Bonchev–Trinajstić information content (AvgIpc) is 2.68. The van der Waals surface area contributed by atoms with Gasteiger partial charge in [0.05, 0.1) is 24.9 Å². The third-order valence-corrected chi connectivity index (χ3v) is 4.68. The number of amides is 1. The Balaban J connectivity index is 1.53. The van der Waals surface area contributed by atoms with Crippen molar-refractivity contribution in [2.45, 2.75) is 6.18 Å². The molecule has 28 heavy (non-hydrogen) atoms. The van der Waals surface area contributed by atoms with Gasteiger partial charge in [0.1, 0.15) is 5.75 Å². The number of anilines is 2. The molecule has 1 saturated heterocycles. The average molecular weight is 393 g/mol. The predicted molar refractivity (Wildman–Crippen MR) is 102 cm³/mol. The van der Waals surface area contributed by atoms with Gasteiger partial charge in [-0.05, 0) is 36.4 Å². The predicted octanol–water partition coefficient (Wildman–Crippen LogP) is 3.47. The first-order chi connectivity index (χ1) is 13.4. The van der Waals surface area contributed by atoms with Crippen LogP contribution in [0.2, 0.25) is 0 Å². The normalized spacial score (nSPS) is 15.4. The zero-order valence-electron chi connectivity index (χ0n) is 15.5. The Morgan fingerprint density at radius 2 is 1.68 bits per heavy atom. The van der Waals surface area contributed by atoms with Crippen molar-refractivity contribution in [1.29, 1.82) is 0 Å². The van der Waals surface area contributed by atoms with Crippen LogP contribution in [0.1, 0.15) is 5.56 Å². The number of benzene rings is 2. The molecule has 8 heteroatoms. The number of alkyl halides is 3. The number of hydrogen-bond donors (Lipinski definition) is 1. The number of carbonyl (C=O) groups excluding carboxylic acids is 1. The number of rotatable bonds is 5. The van der Waals surface area contributed by atoms with Crippen molar-refractivity contribution in [3.8, 4) is 5.75 Å². The molecule has 1 aliphatic heterocycles. The number of nitrogens with one attached hydrogen (secondary N) is 1. The van der Waals surface area contributed by atoms with Gasteiger partial charge in [-0.3, -0.25) is 9.69 Å². The minimum Gasteiger partial charge on any atom is -0.497 e. The van der Waals surface area contributed by atoms with Crippen LogP contribution in [-0.4, -0.2) is 50.6 Å². The van der Waals surface area contributed by atoms with Crippen LogP contribution in [0.3, 0.4) is 0 Å². The van der Waals surface area contributed by atoms with Gasteiger partial charge < -0.3 is 15.0 Å². The molecule has 2 aromatic carbocycles. The van der Waals surface area contributed by atoms with Gasteiger partial charge in [-0.25, -0.2) is 0 Å². The van der Waals surface area contributed by atoms with Crippen LogP contribution in [-0.2, 0) is 11.0 Å². The van der Waals surface area contributed by atoms with Crippen LogP contribution in [0, 0.1) is 0 Å². The van der Waals surface area contributed by atoms with Crippen molar-refractivity contribution in [3.05, 3.63) is 54.1 Å². The summed E-state index contributed by atoms with van der Waals surface area (Å²) in [6.45, 7) is 2.83. The fourth-order valence-electron chi connectivity index (χ4n) is 3.19. The lowest BCUT2D eigenvalue weighted by Gasteiger charge is -2.35. The molecule has 0 unspecified atom stereocenters. The maximum Gasteiger partial charge on any atom is 0.418 e. The molecule has 5 nitrogen and oxygen atoms in total. The third kappa shape index (κ3) is 4.95. The highest BCUT2D eigenvalue weighted by Crippen LogP contribution is 2.34. The molecule has 0 saturated carbocycles. The largest absolute Gasteiger partial charge is 0.497 e. The van der Waals surface area contributed by atoms with Crippen LogP contribution < -0.4 is 15.0 Å². The lowest BCUT2D eigenvalue weighted by atomic mass is 10.1. The van der Waals surface area contributed by atoms with E-state index in [1.807, 2.05) is 29.2 Å². The van der Waals surface area contributed by atoms with Gasteiger partial charge in [0, 0.05) is 31.9 Å². The van der Waals surface area contributed by atoms with E-state index in [1.165, 1.54) is 18.2 Å². The molecule has 1 aliphatic rings. The fourth-order valence-corrected chi connectivity index (χ4v) is 3.19. The quantitative estimate of drug-likeness (QED) is 0.845. The smallest absolute Gasteiger partial charge is 0.418 e. The monoisotopic (exact) mass is 393 g/mol. The van der Waals surface area contributed by atoms with Crippen molar-refractivity contribution >= 4 is 17.3 Å². The zero-order valence-corrected chi connectivity index (χ0v) is 15.5. The van der Waals surface area contributed by atoms with Gasteiger partial charge in [-0.15, -0.1) is 0 Å². The zero-order chi connectivity index (χ0) is 20.1. The Morgan fingerprint density at radius 1 is 1.04 bits per heavy atom. The SMILES string of the molecule is COc1ccc(N2CCN(CC(=O)Nc3ccccc3C(F)(F)F)CC2)cc1. The number of nitrogens with zero attached hydrogens (tertiary/aromatic N) is 2. The van der Waals surface area contributed by atoms with E-state index in [0.29, 0.717) is 13.1 Å². The minimum absolute atomic E-state index is 0.0582. The lowest BCUT2D eigenvalue weighted by molar-refractivity contribution is -0.137. The number of halogens is 3. The van der Waals surface area contributed by atoms with Crippen LogP contribution in [0.15, 0.2) is 48.5 Å². The van der Waals surface area contributed by atoms with Gasteiger partial charge in [0.25, 0.3) is 0 Å². The summed E-state index contributed by atoms with van der Waals surface area (Å²) in [5.41, 5.74) is 0.0218. The molecule has 0 atom stereocenters. The Kier molecular flexibility index (Phi) is 6.08. The summed E-state index contributed by atoms with van der Waals surface area (Å²) in [6.07, 6.45) is -4.51. The Bertz CT molecular complexity index is 801. The second kappa shape index (κ2) is 8.52. The van der Waals surface area contributed by atoms with Gasteiger partial charge in [-0.1, -0.05) is 12.1 Å². The molecule has 150 valence electrons. The molecular weight excluding hydrogens is 371 g/mol. The number of methoxy groups -OCH3 is 1. The standard InChI is InChI=1S/C20H22F3N3O2/c1-28-16-8-6-15(7-9-16)26-12-10-25(11-13-26)14-19(27)24-18-5-3-2-4-17(18)20(21,22)23/h2-9H,10-14H2,1H3,(H,24,27). The molecule has 0 spiro atoms. The van der Waals surface area contributed by atoms with Crippen LogP contribution >= 0.6 is 0 Å². The van der Waals surface area contributed by atoms with Gasteiger partial charge in [0.15, 0.2) is 0 Å².